The highest BCUT2D eigenvalue weighted by atomic mass is 16.5. The Balaban J connectivity index is 1.74. The number of nitrogens with one attached hydrogen (secondary N) is 5. The Bertz CT molecular complexity index is 2270. The second-order valence-corrected chi connectivity index (χ2v) is 20.2. The first-order chi connectivity index (χ1) is 35.5. The van der Waals surface area contributed by atoms with E-state index >= 15 is 0 Å². The van der Waals surface area contributed by atoms with E-state index in [-0.39, 0.29) is 36.7 Å². The zero-order valence-electron chi connectivity index (χ0n) is 44.9. The maximum atomic E-state index is 13.9. The minimum Gasteiger partial charge on any atom is -0.508 e. The molecule has 75 heavy (non-hydrogen) atoms. The van der Waals surface area contributed by atoms with Crippen LogP contribution in [0.15, 0.2) is 72.8 Å². The third kappa shape index (κ3) is 20.4. The minimum absolute atomic E-state index is 0.00180. The monoisotopic (exact) mass is 1050 g/mol. The number of esters is 1. The van der Waals surface area contributed by atoms with Gasteiger partial charge < -0.3 is 61.5 Å². The number of benzene rings is 2. The first-order valence-electron chi connectivity index (χ1n) is 25.9. The van der Waals surface area contributed by atoms with Gasteiger partial charge in [-0.25, -0.2) is 4.79 Å². The predicted octanol–water partition coefficient (Wildman–Crippen LogP) is 2.70. The van der Waals surface area contributed by atoms with E-state index in [9.17, 15) is 58.8 Å². The molecule has 9 N–H and O–H groups in total. The van der Waals surface area contributed by atoms with Gasteiger partial charge in [0.05, 0.1) is 31.2 Å². The fourth-order valence-corrected chi connectivity index (χ4v) is 8.38. The molecule has 1 aliphatic rings. The summed E-state index contributed by atoms with van der Waals surface area (Å²) in [6, 6.07) is 3.92. The Morgan fingerprint density at radius 3 is 1.91 bits per heavy atom. The van der Waals surface area contributed by atoms with Crippen LogP contribution in [-0.4, -0.2) is 153 Å². The van der Waals surface area contributed by atoms with Gasteiger partial charge in [0.1, 0.15) is 48.3 Å². The molecular formula is C55H81N7O13. The minimum atomic E-state index is -1.69. The van der Waals surface area contributed by atoms with Crippen molar-refractivity contribution < 1.29 is 63.5 Å². The Kier molecular flexibility index (Phi) is 26.0. The van der Waals surface area contributed by atoms with E-state index in [2.05, 4.69) is 33.5 Å². The van der Waals surface area contributed by atoms with Crippen molar-refractivity contribution >= 4 is 47.3 Å². The molecule has 1 aliphatic heterocycles. The van der Waals surface area contributed by atoms with Crippen LogP contribution in [0.2, 0.25) is 0 Å². The van der Waals surface area contributed by atoms with Crippen molar-refractivity contribution in [1.82, 2.24) is 36.4 Å². The highest BCUT2D eigenvalue weighted by molar-refractivity contribution is 5.95. The highest BCUT2D eigenvalue weighted by Crippen LogP contribution is 2.20. The predicted molar refractivity (Wildman–Crippen MR) is 281 cm³/mol. The highest BCUT2D eigenvalue weighted by Gasteiger charge is 2.38. The number of ether oxygens (including phenoxy) is 1. The number of aliphatic hydroxyl groups excluding tert-OH is 2. The average molecular weight is 1050 g/mol. The third-order valence-corrected chi connectivity index (χ3v) is 12.9. The van der Waals surface area contributed by atoms with E-state index in [1.54, 1.807) is 71.9 Å². The fourth-order valence-electron chi connectivity index (χ4n) is 8.38. The summed E-state index contributed by atoms with van der Waals surface area (Å²) in [7, 11) is 2.90. The normalized spacial score (nSPS) is 18.6. The summed E-state index contributed by atoms with van der Waals surface area (Å²) in [6.45, 7) is 11.0. The summed E-state index contributed by atoms with van der Waals surface area (Å²) >= 11 is 0. The lowest BCUT2D eigenvalue weighted by molar-refractivity contribution is -0.157. The number of carbonyl (C=O) groups is 8. The molecule has 2 aromatic carbocycles. The number of unbranched alkanes of at least 4 members (excludes halogenated alkanes) is 4. The molecule has 0 radical (unpaired) electrons. The quantitative estimate of drug-likeness (QED) is 0.0373. The molecule has 0 spiro atoms. The second-order valence-electron chi connectivity index (χ2n) is 20.2. The summed E-state index contributed by atoms with van der Waals surface area (Å²) in [6.07, 6.45) is 8.95. The molecule has 0 bridgehead atoms. The summed E-state index contributed by atoms with van der Waals surface area (Å²) in [4.78, 5) is 112. The van der Waals surface area contributed by atoms with Crippen LogP contribution in [-0.2, 0) is 55.9 Å². The molecule has 7 amide bonds. The number of aromatic hydroxyl groups is 2. The zero-order chi connectivity index (χ0) is 55.9. The number of phenols is 2. The standard InChI is InChI=1S/C55H81N7O13/c1-10-11-12-13-14-15-16-17-45(67)57-41(28-36-18-23-39(64)24-19-36)51(70)60-49(34(4)5)53(72)58-42(31-63)44(66)30-46(68)59-48(33(2)3)52(71)56-38-22-27-47(69)62(9)50(35(6)7)54(73)61(8)43(55(74)75-32-38)29-37-20-25-40(65)26-21-37/h15-16,18-27,33-35,38,41-44,48-50,63-66H,10-14,17,28-32H2,1-9H3,(H,56,71)(H,57,67)(H,58,72)(H,59,68)(H,60,70)/b16-15-,27-22?/t38-,41+,42+,43+,44+,48+,49+,50+/m1/s1. The van der Waals surface area contributed by atoms with E-state index in [1.807, 2.05) is 6.08 Å². The molecule has 0 saturated heterocycles. The van der Waals surface area contributed by atoms with Gasteiger partial charge in [-0.2, -0.15) is 0 Å². The van der Waals surface area contributed by atoms with Crippen LogP contribution in [0.1, 0.15) is 105 Å². The molecule has 20 heteroatoms. The van der Waals surface area contributed by atoms with Gasteiger partial charge in [-0.05, 0) is 66.0 Å². The van der Waals surface area contributed by atoms with E-state index in [0.717, 1.165) is 38.2 Å². The number of cyclic esters (lactones) is 1. The first kappa shape index (κ1) is 62.5. The van der Waals surface area contributed by atoms with Crippen molar-refractivity contribution in [3.8, 4) is 11.5 Å². The summed E-state index contributed by atoms with van der Waals surface area (Å²) in [5.74, 6) is -6.79. The van der Waals surface area contributed by atoms with Crippen molar-refractivity contribution in [2.75, 3.05) is 27.3 Å². The lowest BCUT2D eigenvalue weighted by atomic mass is 9.98. The number of amides is 7. The van der Waals surface area contributed by atoms with Crippen molar-refractivity contribution in [3.63, 3.8) is 0 Å². The lowest BCUT2D eigenvalue weighted by Gasteiger charge is -2.36. The Morgan fingerprint density at radius 1 is 0.733 bits per heavy atom. The van der Waals surface area contributed by atoms with Crippen LogP contribution < -0.4 is 26.6 Å². The van der Waals surface area contributed by atoms with Crippen molar-refractivity contribution in [1.29, 1.82) is 0 Å². The Labute approximate surface area is 441 Å². The first-order valence-corrected chi connectivity index (χ1v) is 25.9. The number of nitrogens with zero attached hydrogens (tertiary/aromatic N) is 2. The second kappa shape index (κ2) is 31.2. The number of hydrogen-bond donors (Lipinski definition) is 9. The molecule has 8 atom stereocenters. The number of rotatable bonds is 26. The molecule has 0 saturated carbocycles. The molecular weight excluding hydrogens is 967 g/mol. The smallest absolute Gasteiger partial charge is 0.329 e. The maximum absolute atomic E-state index is 13.9. The third-order valence-electron chi connectivity index (χ3n) is 12.9. The Morgan fingerprint density at radius 2 is 1.33 bits per heavy atom. The number of likely N-dealkylation sites (N-methyl/N-ethyl adjacent to an activating group) is 2. The fraction of sp³-hybridized carbons (Fsp3) is 0.564. The van der Waals surface area contributed by atoms with Crippen molar-refractivity contribution in [2.24, 2.45) is 17.8 Å². The van der Waals surface area contributed by atoms with E-state index in [0.29, 0.717) is 11.1 Å². The molecule has 3 rings (SSSR count). The van der Waals surface area contributed by atoms with Gasteiger partial charge in [0.2, 0.25) is 41.4 Å². The molecule has 0 unspecified atom stereocenters. The largest absolute Gasteiger partial charge is 0.508 e. The van der Waals surface area contributed by atoms with E-state index in [4.69, 9.17) is 4.74 Å². The molecule has 0 aliphatic carbocycles. The number of aliphatic hydroxyl groups is 2. The SMILES string of the molecule is CCCCCC/C=C\CC(=O)N[C@@H](Cc1ccc(O)cc1)C(=O)N[C@H](C(=O)N[C@@H](CO)[C@@H](O)CC(=O)N[C@H](C(=O)N[C@@H]1C=CC(=O)N(C)[C@@H](C(C)C)C(=O)N(C)[C@@H](Cc2ccc(O)cc2)C(=O)OC1)C(C)C)C(C)C. The number of hydrogen-bond acceptors (Lipinski definition) is 13. The van der Waals surface area contributed by atoms with Crippen LogP contribution in [0.5, 0.6) is 11.5 Å². The van der Waals surface area contributed by atoms with Gasteiger partial charge in [0.25, 0.3) is 0 Å². The summed E-state index contributed by atoms with van der Waals surface area (Å²) < 4.78 is 5.69. The van der Waals surface area contributed by atoms with Gasteiger partial charge in [0, 0.05) is 39.4 Å². The molecule has 1 heterocycles. The van der Waals surface area contributed by atoms with Gasteiger partial charge in [-0.1, -0.05) is 110 Å². The molecule has 2 aromatic rings. The molecule has 0 fully saturated rings. The molecule has 0 aromatic heterocycles. The lowest BCUT2D eigenvalue weighted by Crippen LogP contribution is -2.59. The number of phenolic OH excluding ortho intramolecular Hbond substituents is 2. The maximum Gasteiger partial charge on any atom is 0.329 e. The van der Waals surface area contributed by atoms with Crippen molar-refractivity contribution in [3.05, 3.63) is 84.0 Å². The van der Waals surface area contributed by atoms with Crippen LogP contribution >= 0.6 is 0 Å². The van der Waals surface area contributed by atoms with Gasteiger partial charge in [-0.15, -0.1) is 0 Å². The summed E-state index contributed by atoms with van der Waals surface area (Å²) in [5.41, 5.74) is 1.23. The van der Waals surface area contributed by atoms with Gasteiger partial charge in [0.15, 0.2) is 0 Å². The zero-order valence-corrected chi connectivity index (χ0v) is 44.9. The molecule has 414 valence electrons. The van der Waals surface area contributed by atoms with Crippen LogP contribution in [0.25, 0.3) is 0 Å². The van der Waals surface area contributed by atoms with E-state index in [1.165, 1.54) is 54.2 Å². The van der Waals surface area contributed by atoms with Crippen LogP contribution in [0, 0.1) is 17.8 Å². The van der Waals surface area contributed by atoms with Crippen LogP contribution in [0.3, 0.4) is 0 Å². The topological polar surface area (TPSA) is 293 Å². The Hall–Kier alpha value is -6.80. The van der Waals surface area contributed by atoms with Gasteiger partial charge in [-0.3, -0.25) is 33.6 Å². The van der Waals surface area contributed by atoms with Gasteiger partial charge >= 0.3 is 5.97 Å². The number of carbonyl (C=O) groups excluding carboxylic acids is 8. The van der Waals surface area contributed by atoms with Crippen LogP contribution in [0.4, 0.5) is 0 Å². The summed E-state index contributed by atoms with van der Waals surface area (Å²) in [5, 5.41) is 54.4. The molecule has 20 nitrogen and oxygen atoms in total. The number of allylic oxidation sites excluding steroid dienone is 1. The van der Waals surface area contributed by atoms with Crippen molar-refractivity contribution in [2.45, 2.75) is 155 Å². The van der Waals surface area contributed by atoms with E-state index < -0.39 is 127 Å². The average Bonchev–Trinajstić information content (AvgIpc) is 3.35.